The van der Waals surface area contributed by atoms with E-state index >= 15 is 0 Å². The largest absolute Gasteiger partial charge is 0.484 e. The highest BCUT2D eigenvalue weighted by molar-refractivity contribution is 5.87. The molecule has 0 saturated carbocycles. The van der Waals surface area contributed by atoms with Gasteiger partial charge in [-0.3, -0.25) is 9.59 Å². The van der Waals surface area contributed by atoms with Gasteiger partial charge in [-0.25, -0.2) is 0 Å². The average molecular weight is 383 g/mol. The molecule has 0 fully saturated rings. The summed E-state index contributed by atoms with van der Waals surface area (Å²) in [6.07, 6.45) is 0. The minimum atomic E-state index is -0.592. The van der Waals surface area contributed by atoms with Crippen LogP contribution in [0.25, 0.3) is 0 Å². The standard InChI is InChI=1S/C23H30N2O3/c1-17(2)14-24-23(27)19(4)25(15-20-10-8-9-18(3)13-20)22(26)16-28-21-11-6-5-7-12-21/h5-13,17,19H,14-16H2,1-4H3,(H,24,27). The minimum Gasteiger partial charge on any atom is -0.484 e. The first-order chi connectivity index (χ1) is 13.4. The fourth-order valence-corrected chi connectivity index (χ4v) is 2.79. The number of aryl methyl sites for hydroxylation is 1. The predicted molar refractivity (Wildman–Crippen MR) is 111 cm³/mol. The first kappa shape index (κ1) is 21.5. The van der Waals surface area contributed by atoms with Gasteiger partial charge < -0.3 is 15.0 Å². The SMILES string of the molecule is Cc1cccc(CN(C(=O)COc2ccccc2)C(C)C(=O)NCC(C)C)c1. The van der Waals surface area contributed by atoms with Crippen molar-refractivity contribution in [2.24, 2.45) is 5.92 Å². The minimum absolute atomic E-state index is 0.113. The van der Waals surface area contributed by atoms with Crippen molar-refractivity contribution >= 4 is 11.8 Å². The second kappa shape index (κ2) is 10.5. The first-order valence-corrected chi connectivity index (χ1v) is 9.67. The summed E-state index contributed by atoms with van der Waals surface area (Å²) >= 11 is 0. The maximum Gasteiger partial charge on any atom is 0.261 e. The van der Waals surface area contributed by atoms with Gasteiger partial charge in [0.1, 0.15) is 11.8 Å². The molecule has 150 valence electrons. The second-order valence-electron chi connectivity index (χ2n) is 7.43. The van der Waals surface area contributed by atoms with Crippen molar-refractivity contribution in [2.45, 2.75) is 40.3 Å². The van der Waals surface area contributed by atoms with Crippen LogP contribution in [0.3, 0.4) is 0 Å². The summed E-state index contributed by atoms with van der Waals surface area (Å²) in [4.78, 5) is 27.1. The van der Waals surface area contributed by atoms with E-state index in [1.807, 2.05) is 63.2 Å². The van der Waals surface area contributed by atoms with Crippen molar-refractivity contribution < 1.29 is 14.3 Å². The monoisotopic (exact) mass is 382 g/mol. The van der Waals surface area contributed by atoms with E-state index in [-0.39, 0.29) is 18.4 Å². The summed E-state index contributed by atoms with van der Waals surface area (Å²) < 4.78 is 5.62. The molecular formula is C23H30N2O3. The third kappa shape index (κ3) is 6.72. The fraction of sp³-hybridized carbons (Fsp3) is 0.391. The van der Waals surface area contributed by atoms with Gasteiger partial charge in [0, 0.05) is 13.1 Å². The van der Waals surface area contributed by atoms with Crippen molar-refractivity contribution in [3.05, 3.63) is 65.7 Å². The molecule has 0 aliphatic carbocycles. The van der Waals surface area contributed by atoms with Crippen molar-refractivity contribution in [2.75, 3.05) is 13.2 Å². The smallest absolute Gasteiger partial charge is 0.261 e. The van der Waals surface area contributed by atoms with Crippen LogP contribution in [0.4, 0.5) is 0 Å². The van der Waals surface area contributed by atoms with E-state index in [9.17, 15) is 9.59 Å². The normalized spacial score (nSPS) is 11.8. The van der Waals surface area contributed by atoms with E-state index < -0.39 is 6.04 Å². The molecule has 0 saturated heterocycles. The summed E-state index contributed by atoms with van der Waals surface area (Å²) in [5, 5.41) is 2.91. The maximum absolute atomic E-state index is 12.9. The molecule has 1 unspecified atom stereocenters. The van der Waals surface area contributed by atoms with Crippen molar-refractivity contribution in [3.63, 3.8) is 0 Å². The molecule has 0 heterocycles. The molecule has 0 radical (unpaired) electrons. The van der Waals surface area contributed by atoms with Crippen molar-refractivity contribution in [3.8, 4) is 5.75 Å². The lowest BCUT2D eigenvalue weighted by atomic mass is 10.1. The lowest BCUT2D eigenvalue weighted by Gasteiger charge is -2.29. The Kier molecular flexibility index (Phi) is 8.05. The summed E-state index contributed by atoms with van der Waals surface area (Å²) in [6, 6.07) is 16.6. The Labute approximate surface area is 167 Å². The molecule has 5 nitrogen and oxygen atoms in total. The van der Waals surface area contributed by atoms with Crippen molar-refractivity contribution in [1.29, 1.82) is 0 Å². The van der Waals surface area contributed by atoms with Gasteiger partial charge in [-0.1, -0.05) is 61.9 Å². The Hall–Kier alpha value is -2.82. The van der Waals surface area contributed by atoms with Gasteiger partial charge in [-0.05, 0) is 37.5 Å². The Morgan fingerprint density at radius 1 is 1.04 bits per heavy atom. The van der Waals surface area contributed by atoms with Gasteiger partial charge in [0.25, 0.3) is 5.91 Å². The third-order valence-electron chi connectivity index (χ3n) is 4.39. The zero-order valence-corrected chi connectivity index (χ0v) is 17.1. The number of nitrogens with zero attached hydrogens (tertiary/aromatic N) is 1. The van der Waals surface area contributed by atoms with Gasteiger partial charge in [-0.2, -0.15) is 0 Å². The van der Waals surface area contributed by atoms with Crippen LogP contribution < -0.4 is 10.1 Å². The molecule has 2 rings (SSSR count). The molecule has 1 N–H and O–H groups in total. The Morgan fingerprint density at radius 2 is 1.75 bits per heavy atom. The molecule has 0 spiro atoms. The molecule has 1 atom stereocenters. The van der Waals surface area contributed by atoms with Crippen LogP contribution in [0, 0.1) is 12.8 Å². The number of nitrogens with one attached hydrogen (secondary N) is 1. The third-order valence-corrected chi connectivity index (χ3v) is 4.39. The Bertz CT molecular complexity index is 774. The molecular weight excluding hydrogens is 352 g/mol. The maximum atomic E-state index is 12.9. The first-order valence-electron chi connectivity index (χ1n) is 9.67. The summed E-state index contributed by atoms with van der Waals surface area (Å²) in [5.41, 5.74) is 2.10. The summed E-state index contributed by atoms with van der Waals surface area (Å²) in [6.45, 7) is 8.66. The fourth-order valence-electron chi connectivity index (χ4n) is 2.79. The topological polar surface area (TPSA) is 58.6 Å². The zero-order valence-electron chi connectivity index (χ0n) is 17.1. The molecule has 5 heteroatoms. The van der Waals surface area contributed by atoms with Gasteiger partial charge >= 0.3 is 0 Å². The number of benzene rings is 2. The lowest BCUT2D eigenvalue weighted by Crippen LogP contribution is -2.49. The number of para-hydroxylation sites is 1. The quantitative estimate of drug-likeness (QED) is 0.721. The second-order valence-corrected chi connectivity index (χ2v) is 7.43. The molecule has 2 aromatic carbocycles. The number of rotatable bonds is 9. The van der Waals surface area contributed by atoms with E-state index in [0.29, 0.717) is 24.8 Å². The highest BCUT2D eigenvalue weighted by Crippen LogP contribution is 2.13. The molecule has 0 bridgehead atoms. The van der Waals surface area contributed by atoms with E-state index in [2.05, 4.69) is 5.32 Å². The number of carbonyl (C=O) groups is 2. The van der Waals surface area contributed by atoms with Crippen LogP contribution in [0.15, 0.2) is 54.6 Å². The molecule has 2 aromatic rings. The van der Waals surface area contributed by atoms with E-state index in [1.165, 1.54) is 0 Å². The van der Waals surface area contributed by atoms with Crippen LogP contribution >= 0.6 is 0 Å². The van der Waals surface area contributed by atoms with Crippen LogP contribution in [-0.4, -0.2) is 35.9 Å². The number of amides is 2. The zero-order chi connectivity index (χ0) is 20.5. The van der Waals surface area contributed by atoms with Gasteiger partial charge in [-0.15, -0.1) is 0 Å². The number of ether oxygens (including phenoxy) is 1. The molecule has 0 aliphatic rings. The van der Waals surface area contributed by atoms with Crippen LogP contribution in [0.2, 0.25) is 0 Å². The predicted octanol–water partition coefficient (Wildman–Crippen LogP) is 3.56. The highest BCUT2D eigenvalue weighted by atomic mass is 16.5. The van der Waals surface area contributed by atoms with Crippen LogP contribution in [0.5, 0.6) is 5.75 Å². The summed E-state index contributed by atoms with van der Waals surface area (Å²) in [5.74, 6) is 0.591. The van der Waals surface area contributed by atoms with Gasteiger partial charge in [0.15, 0.2) is 6.61 Å². The Morgan fingerprint density at radius 3 is 2.39 bits per heavy atom. The van der Waals surface area contributed by atoms with Gasteiger partial charge in [0.05, 0.1) is 0 Å². The van der Waals surface area contributed by atoms with Crippen LogP contribution in [0.1, 0.15) is 31.9 Å². The average Bonchev–Trinajstić information content (AvgIpc) is 2.68. The number of hydrogen-bond acceptors (Lipinski definition) is 3. The highest BCUT2D eigenvalue weighted by Gasteiger charge is 2.26. The summed E-state index contributed by atoms with van der Waals surface area (Å²) in [7, 11) is 0. The molecule has 0 aromatic heterocycles. The lowest BCUT2D eigenvalue weighted by molar-refractivity contribution is -0.142. The molecule has 2 amide bonds. The van der Waals surface area contributed by atoms with E-state index in [0.717, 1.165) is 11.1 Å². The Balaban J connectivity index is 2.11. The number of carbonyl (C=O) groups excluding carboxylic acids is 2. The van der Waals surface area contributed by atoms with Crippen LogP contribution in [-0.2, 0) is 16.1 Å². The van der Waals surface area contributed by atoms with Crippen molar-refractivity contribution in [1.82, 2.24) is 10.2 Å². The van der Waals surface area contributed by atoms with Gasteiger partial charge in [0.2, 0.25) is 5.91 Å². The molecule has 28 heavy (non-hydrogen) atoms. The molecule has 0 aliphatic heterocycles. The van der Waals surface area contributed by atoms with E-state index in [4.69, 9.17) is 4.74 Å². The number of hydrogen-bond donors (Lipinski definition) is 1. The van der Waals surface area contributed by atoms with E-state index in [1.54, 1.807) is 24.0 Å².